The zero-order valence-corrected chi connectivity index (χ0v) is 31.8. The van der Waals surface area contributed by atoms with Crippen molar-refractivity contribution in [2.24, 2.45) is 0 Å². The van der Waals surface area contributed by atoms with Gasteiger partial charge in [-0.05, 0) is 25.7 Å². The van der Waals surface area contributed by atoms with E-state index in [2.05, 4.69) is 13.8 Å². The van der Waals surface area contributed by atoms with Crippen LogP contribution in [-0.4, -0.2) is 11.8 Å². The van der Waals surface area contributed by atoms with Crippen LogP contribution in [-0.2, 0) is 26.6 Å². The van der Waals surface area contributed by atoms with Crippen molar-refractivity contribution in [1.82, 2.24) is 0 Å². The molecular formula is C36H72Cl2N2O2Ti-2. The molecule has 0 aromatic rings. The Morgan fingerprint density at radius 2 is 0.512 bits per heavy atom. The average molecular weight is 684 g/mol. The third-order valence-corrected chi connectivity index (χ3v) is 8.01. The second kappa shape index (κ2) is 46.6. The van der Waals surface area contributed by atoms with Crippen LogP contribution < -0.4 is 0 Å². The fourth-order valence-electron chi connectivity index (χ4n) is 5.31. The van der Waals surface area contributed by atoms with Gasteiger partial charge in [-0.15, -0.1) is 0 Å². The minimum atomic E-state index is -0.556. The maximum absolute atomic E-state index is 10.4. The van der Waals surface area contributed by atoms with Crippen molar-refractivity contribution in [1.29, 1.82) is 0 Å². The molecule has 0 aliphatic heterocycles. The van der Waals surface area contributed by atoms with Crippen LogP contribution in [0.25, 0.3) is 11.5 Å². The molecule has 2 N–H and O–H groups in total. The number of carbonyl (C=O) groups is 2. The Hall–Kier alpha value is 0.234. The quantitative estimate of drug-likeness (QED) is 0.0522. The molecule has 0 bridgehead atoms. The van der Waals surface area contributed by atoms with E-state index in [0.29, 0.717) is 12.8 Å². The van der Waals surface area contributed by atoms with Crippen molar-refractivity contribution in [3.63, 3.8) is 0 Å². The van der Waals surface area contributed by atoms with E-state index in [1.165, 1.54) is 167 Å². The van der Waals surface area contributed by atoms with E-state index in [1.807, 2.05) is 0 Å². The summed E-state index contributed by atoms with van der Waals surface area (Å²) in [6.45, 7) is 4.55. The van der Waals surface area contributed by atoms with Gasteiger partial charge in [0.15, 0.2) is 0 Å². The molecule has 0 aliphatic carbocycles. The molecule has 0 radical (unpaired) electrons. The Bertz CT molecular complexity index is 483. The van der Waals surface area contributed by atoms with Gasteiger partial charge in [0.25, 0.3) is 0 Å². The summed E-state index contributed by atoms with van der Waals surface area (Å²) in [4.78, 5) is 20.9. The molecule has 43 heavy (non-hydrogen) atoms. The van der Waals surface area contributed by atoms with Gasteiger partial charge in [-0.2, -0.15) is 0 Å². The number of hydrogen-bond donors (Lipinski definition) is 0. The summed E-state index contributed by atoms with van der Waals surface area (Å²) in [5.41, 5.74) is 13.6. The topological polar surface area (TPSA) is 81.7 Å². The molecule has 0 aromatic heterocycles. The third kappa shape index (κ3) is 58.3. The van der Waals surface area contributed by atoms with Crippen molar-refractivity contribution >= 4 is 30.4 Å². The van der Waals surface area contributed by atoms with Gasteiger partial charge in [0.1, 0.15) is 0 Å². The molecule has 0 unspecified atom stereocenters. The van der Waals surface area contributed by atoms with Crippen LogP contribution in [0, 0.1) is 0 Å². The van der Waals surface area contributed by atoms with Gasteiger partial charge >= 0.3 is 35.6 Å². The van der Waals surface area contributed by atoms with Gasteiger partial charge in [0.05, 0.1) is 0 Å². The molecule has 0 saturated carbocycles. The van der Waals surface area contributed by atoms with Gasteiger partial charge in [0.2, 0.25) is 0 Å². The molecule has 0 aliphatic rings. The van der Waals surface area contributed by atoms with Crippen molar-refractivity contribution < 1.29 is 26.6 Å². The fraction of sp³-hybridized carbons (Fsp3) is 0.944. The molecule has 0 fully saturated rings. The van der Waals surface area contributed by atoms with Crippen molar-refractivity contribution in [3.05, 3.63) is 11.5 Å². The summed E-state index contributed by atoms with van der Waals surface area (Å²) >= 11 is -0.556. The van der Waals surface area contributed by atoms with Gasteiger partial charge in [-0.25, -0.2) is 0 Å². The van der Waals surface area contributed by atoms with Crippen LogP contribution in [0.2, 0.25) is 0 Å². The number of amides is 2. The van der Waals surface area contributed by atoms with Crippen molar-refractivity contribution in [2.45, 2.75) is 219 Å². The van der Waals surface area contributed by atoms with E-state index in [-0.39, 0.29) is 0 Å². The molecule has 0 atom stereocenters. The number of carbonyl (C=O) groups excluding carboxylic acids is 2. The third-order valence-electron chi connectivity index (χ3n) is 8.01. The molecule has 258 valence electrons. The zero-order chi connectivity index (χ0) is 32.5. The number of hydrogen-bond acceptors (Lipinski definition) is 2. The number of nitrogens with one attached hydrogen (secondary N) is 2. The average Bonchev–Trinajstić information content (AvgIpc) is 2.97. The molecule has 0 spiro atoms. The molecule has 4 nitrogen and oxygen atoms in total. The van der Waals surface area contributed by atoms with Crippen LogP contribution in [0.4, 0.5) is 0 Å². The Kier molecular flexibility index (Phi) is 51.7. The van der Waals surface area contributed by atoms with E-state index in [1.54, 1.807) is 0 Å². The molecular weight excluding hydrogens is 611 g/mol. The van der Waals surface area contributed by atoms with Crippen molar-refractivity contribution in [2.75, 3.05) is 0 Å². The summed E-state index contributed by atoms with van der Waals surface area (Å²) < 4.78 is 0. The van der Waals surface area contributed by atoms with E-state index in [4.69, 9.17) is 30.1 Å². The summed E-state index contributed by atoms with van der Waals surface area (Å²) in [6.07, 6.45) is 41.1. The van der Waals surface area contributed by atoms with E-state index in [9.17, 15) is 9.59 Å². The molecule has 0 aromatic carbocycles. The van der Waals surface area contributed by atoms with E-state index in [0.717, 1.165) is 25.7 Å². The first-order valence-corrected chi connectivity index (χ1v) is 22.7. The number of unbranched alkanes of at least 4 members (excludes halogenated alkanes) is 28. The summed E-state index contributed by atoms with van der Waals surface area (Å²) in [6, 6.07) is 0. The van der Waals surface area contributed by atoms with Gasteiger partial charge < -0.3 is 21.1 Å². The van der Waals surface area contributed by atoms with Gasteiger partial charge in [0, 0.05) is 11.8 Å². The van der Waals surface area contributed by atoms with E-state index < -0.39 is 28.8 Å². The molecule has 0 rings (SSSR count). The summed E-state index contributed by atoms with van der Waals surface area (Å²) in [7, 11) is 9.78. The van der Waals surface area contributed by atoms with Crippen LogP contribution in [0.3, 0.4) is 0 Å². The predicted octanol–water partition coefficient (Wildman–Crippen LogP) is 15.0. The molecule has 0 heterocycles. The summed E-state index contributed by atoms with van der Waals surface area (Å²) in [5, 5.41) is 0. The van der Waals surface area contributed by atoms with Crippen LogP contribution in [0.5, 0.6) is 0 Å². The summed E-state index contributed by atoms with van der Waals surface area (Å²) in [5.74, 6) is -0.806. The minimum absolute atomic E-state index is 0.403. The van der Waals surface area contributed by atoms with Crippen molar-refractivity contribution in [3.8, 4) is 0 Å². The Morgan fingerprint density at radius 3 is 0.651 bits per heavy atom. The van der Waals surface area contributed by atoms with Crippen LogP contribution in [0.15, 0.2) is 0 Å². The first-order valence-electron chi connectivity index (χ1n) is 18.4. The molecule has 7 heteroatoms. The Labute approximate surface area is 286 Å². The first kappa shape index (κ1) is 47.6. The number of rotatable bonds is 32. The van der Waals surface area contributed by atoms with E-state index >= 15 is 0 Å². The normalized spacial score (nSPS) is 10.4. The first-order chi connectivity index (χ1) is 21.0. The fourth-order valence-corrected chi connectivity index (χ4v) is 5.31. The Balaban J connectivity index is -0.000000681. The Morgan fingerprint density at radius 1 is 0.372 bits per heavy atom. The molecule has 0 saturated heterocycles. The SMILES string of the molecule is CCCCCCCCCCCCCCCCCC([NH-])=O.CCCCCCCCCCCCCCCCCC([NH-])=O.[Cl][Ti][Cl]. The predicted molar refractivity (Wildman–Crippen MR) is 189 cm³/mol. The van der Waals surface area contributed by atoms with Gasteiger partial charge in [-0.3, -0.25) is 0 Å². The monoisotopic (exact) mass is 682 g/mol. The standard InChI is InChI=1S/2C18H37NO.2ClH.Ti/c2*1-2-3-4-5-6-7-8-9-10-11-12-13-14-15-16-17-18(19)20;;;/h2*2-17H2,1H3,(H2,19,20);2*1H;/q;;;;+2/p-4. The second-order valence-corrected chi connectivity index (χ2v) is 14.9. The van der Waals surface area contributed by atoms with Gasteiger partial charge in [-0.1, -0.05) is 194 Å². The second-order valence-electron chi connectivity index (χ2n) is 12.3. The number of halogens is 2. The molecule has 2 amide bonds. The zero-order valence-electron chi connectivity index (χ0n) is 28.7. The van der Waals surface area contributed by atoms with Crippen LogP contribution >= 0.6 is 18.6 Å². The maximum atomic E-state index is 10.4. The van der Waals surface area contributed by atoms with Crippen LogP contribution in [0.1, 0.15) is 219 Å².